The van der Waals surface area contributed by atoms with Crippen LogP contribution in [0, 0.1) is 0 Å². The van der Waals surface area contributed by atoms with Gasteiger partial charge in [-0.05, 0) is 80.4 Å². The second-order valence-electron chi connectivity index (χ2n) is 10.1. The van der Waals surface area contributed by atoms with Crippen molar-refractivity contribution in [2.75, 3.05) is 29.5 Å². The van der Waals surface area contributed by atoms with E-state index in [2.05, 4.69) is 0 Å². The summed E-state index contributed by atoms with van der Waals surface area (Å²) >= 11 is 6.10. The number of para-hydroxylation sites is 1. The number of nitrogens with zero attached hydrogens (tertiary/aromatic N) is 3. The highest BCUT2D eigenvalue weighted by Crippen LogP contribution is 2.43. The van der Waals surface area contributed by atoms with E-state index in [1.807, 2.05) is 50.2 Å². The van der Waals surface area contributed by atoms with Crippen molar-refractivity contribution in [3.8, 4) is 5.75 Å². The molecule has 3 unspecified atom stereocenters. The molecule has 0 saturated carbocycles. The predicted molar refractivity (Wildman–Crippen MR) is 154 cm³/mol. The highest BCUT2D eigenvalue weighted by molar-refractivity contribution is 6.30. The topological polar surface area (TPSA) is 79.4 Å². The van der Waals surface area contributed by atoms with Gasteiger partial charge in [-0.15, -0.1) is 0 Å². The summed E-state index contributed by atoms with van der Waals surface area (Å²) in [6.45, 7) is 6.80. The van der Waals surface area contributed by atoms with E-state index in [0.29, 0.717) is 35.8 Å². The number of anilines is 2. The van der Waals surface area contributed by atoms with Gasteiger partial charge in [0.1, 0.15) is 12.4 Å². The Labute approximate surface area is 239 Å². The molecular formula is C31H32ClN3O5. The summed E-state index contributed by atoms with van der Waals surface area (Å²) in [5.41, 5.74) is 2.97. The largest absolute Gasteiger partial charge is 0.490 e. The molecule has 1 fully saturated rings. The van der Waals surface area contributed by atoms with E-state index in [9.17, 15) is 14.4 Å². The molecule has 8 nitrogen and oxygen atoms in total. The van der Waals surface area contributed by atoms with Crippen LogP contribution in [0.1, 0.15) is 49.2 Å². The summed E-state index contributed by atoms with van der Waals surface area (Å²) in [5, 5.41) is 0.600. The van der Waals surface area contributed by atoms with Crippen LogP contribution in [0.3, 0.4) is 0 Å². The van der Waals surface area contributed by atoms with Gasteiger partial charge in [0.25, 0.3) is 5.91 Å². The van der Waals surface area contributed by atoms with Gasteiger partial charge in [0.2, 0.25) is 5.91 Å². The summed E-state index contributed by atoms with van der Waals surface area (Å²) in [4.78, 5) is 43.7. The van der Waals surface area contributed by atoms with Gasteiger partial charge in [0.05, 0.1) is 12.6 Å². The molecule has 2 aliphatic rings. The number of benzene rings is 3. The highest BCUT2D eigenvalue weighted by Gasteiger charge is 2.38. The Morgan fingerprint density at radius 2 is 1.75 bits per heavy atom. The number of amides is 3. The summed E-state index contributed by atoms with van der Waals surface area (Å²) in [6.07, 6.45) is -0.0780. The number of rotatable bonds is 7. The summed E-state index contributed by atoms with van der Waals surface area (Å²) in [7, 11) is 0. The number of carbonyl (C=O) groups is 3. The van der Waals surface area contributed by atoms with E-state index in [-0.39, 0.29) is 42.7 Å². The number of ether oxygens (including phenoxy) is 2. The lowest BCUT2D eigenvalue weighted by Gasteiger charge is -2.43. The Kier molecular flexibility index (Phi) is 7.98. The van der Waals surface area contributed by atoms with Crippen molar-refractivity contribution >= 4 is 40.9 Å². The van der Waals surface area contributed by atoms with Crippen molar-refractivity contribution in [1.29, 1.82) is 0 Å². The van der Waals surface area contributed by atoms with E-state index < -0.39 is 0 Å². The maximum absolute atomic E-state index is 13.8. The van der Waals surface area contributed by atoms with Crippen molar-refractivity contribution in [2.45, 2.75) is 45.4 Å². The van der Waals surface area contributed by atoms with Crippen molar-refractivity contribution < 1.29 is 23.9 Å². The molecule has 5 rings (SSSR count). The predicted octanol–water partition coefficient (Wildman–Crippen LogP) is 6.09. The standard InChI is InChI=1S/C31H32ClN3O5/c1-4-33-18-26(40-31(33)38)19-39-25-15-9-22(10-16-25)30(37)34-20(2)17-29(27-7-5-6-8-28(27)34)35(21(3)36)24-13-11-23(32)12-14-24/h5-16,20,26,29H,4,17-19H2,1-3H3. The molecular weight excluding hydrogens is 530 g/mol. The Morgan fingerprint density at radius 3 is 2.40 bits per heavy atom. The smallest absolute Gasteiger partial charge is 0.410 e. The van der Waals surface area contributed by atoms with Crippen LogP contribution < -0.4 is 14.5 Å². The molecule has 3 atom stereocenters. The van der Waals surface area contributed by atoms with E-state index in [1.54, 1.807) is 58.0 Å². The molecule has 0 aliphatic carbocycles. The lowest BCUT2D eigenvalue weighted by molar-refractivity contribution is -0.117. The number of hydrogen-bond donors (Lipinski definition) is 0. The highest BCUT2D eigenvalue weighted by atomic mass is 35.5. The zero-order valence-corrected chi connectivity index (χ0v) is 23.5. The molecule has 9 heteroatoms. The van der Waals surface area contributed by atoms with E-state index in [4.69, 9.17) is 21.1 Å². The molecule has 40 heavy (non-hydrogen) atoms. The van der Waals surface area contributed by atoms with E-state index >= 15 is 0 Å². The number of halogens is 1. The Balaban J connectivity index is 1.35. The van der Waals surface area contributed by atoms with Gasteiger partial charge in [0, 0.05) is 41.5 Å². The average molecular weight is 562 g/mol. The fourth-order valence-corrected chi connectivity index (χ4v) is 5.59. The number of cyclic esters (lactones) is 1. The minimum absolute atomic E-state index is 0.0838. The molecule has 3 amide bonds. The minimum atomic E-state index is -0.324. The lowest BCUT2D eigenvalue weighted by Crippen LogP contribution is -2.47. The monoisotopic (exact) mass is 561 g/mol. The zero-order chi connectivity index (χ0) is 28.4. The van der Waals surface area contributed by atoms with Gasteiger partial charge < -0.3 is 24.2 Å². The molecule has 0 N–H and O–H groups in total. The van der Waals surface area contributed by atoms with Crippen molar-refractivity contribution in [3.63, 3.8) is 0 Å². The lowest BCUT2D eigenvalue weighted by atomic mass is 9.89. The van der Waals surface area contributed by atoms with Gasteiger partial charge >= 0.3 is 6.09 Å². The minimum Gasteiger partial charge on any atom is -0.490 e. The van der Waals surface area contributed by atoms with Crippen LogP contribution in [0.25, 0.3) is 0 Å². The molecule has 0 spiro atoms. The van der Waals surface area contributed by atoms with Crippen molar-refractivity contribution in [1.82, 2.24) is 4.90 Å². The molecule has 0 aromatic heterocycles. The zero-order valence-electron chi connectivity index (χ0n) is 22.7. The normalized spacial score (nSPS) is 20.1. The van der Waals surface area contributed by atoms with Crippen LogP contribution in [-0.2, 0) is 9.53 Å². The first-order valence-electron chi connectivity index (χ1n) is 13.4. The first-order chi connectivity index (χ1) is 19.3. The van der Waals surface area contributed by atoms with Crippen LogP contribution in [0.5, 0.6) is 5.75 Å². The Hall–Kier alpha value is -4.04. The van der Waals surface area contributed by atoms with Gasteiger partial charge in [-0.3, -0.25) is 9.59 Å². The number of likely N-dealkylation sites (N-methyl/N-ethyl adjacent to an activating group) is 1. The van der Waals surface area contributed by atoms with Gasteiger partial charge in [-0.2, -0.15) is 0 Å². The summed E-state index contributed by atoms with van der Waals surface area (Å²) < 4.78 is 11.1. The first kappa shape index (κ1) is 27.5. The second-order valence-corrected chi connectivity index (χ2v) is 10.5. The maximum Gasteiger partial charge on any atom is 0.410 e. The van der Waals surface area contributed by atoms with E-state index in [1.165, 1.54) is 0 Å². The van der Waals surface area contributed by atoms with Gasteiger partial charge in [-0.1, -0.05) is 29.8 Å². The molecule has 1 saturated heterocycles. The third-order valence-electron chi connectivity index (χ3n) is 7.40. The van der Waals surface area contributed by atoms with Crippen LogP contribution in [0.2, 0.25) is 5.02 Å². The fourth-order valence-electron chi connectivity index (χ4n) is 5.46. The number of carbonyl (C=O) groups excluding carboxylic acids is 3. The molecule has 0 bridgehead atoms. The third-order valence-corrected chi connectivity index (χ3v) is 7.66. The summed E-state index contributed by atoms with van der Waals surface area (Å²) in [5.74, 6) is 0.378. The second kappa shape index (κ2) is 11.6. The number of hydrogen-bond acceptors (Lipinski definition) is 5. The van der Waals surface area contributed by atoms with Crippen LogP contribution in [-0.4, -0.2) is 54.6 Å². The molecule has 2 aliphatic heterocycles. The number of fused-ring (bicyclic) bond motifs is 1. The SMILES string of the molecule is CCN1CC(COc2ccc(C(=O)N3c4ccccc4C(N(C(C)=O)c4ccc(Cl)cc4)CC3C)cc2)OC1=O. The third kappa shape index (κ3) is 5.49. The quantitative estimate of drug-likeness (QED) is 0.349. The van der Waals surface area contributed by atoms with E-state index in [0.717, 1.165) is 16.9 Å². The van der Waals surface area contributed by atoms with Crippen molar-refractivity contribution in [2.24, 2.45) is 0 Å². The summed E-state index contributed by atoms with van der Waals surface area (Å²) in [6, 6.07) is 21.5. The van der Waals surface area contributed by atoms with Gasteiger partial charge in [0.15, 0.2) is 6.10 Å². The Bertz CT molecular complexity index is 1390. The molecule has 3 aromatic carbocycles. The molecule has 208 valence electrons. The Morgan fingerprint density at radius 1 is 1.05 bits per heavy atom. The molecule has 3 aromatic rings. The van der Waals surface area contributed by atoms with Crippen molar-refractivity contribution in [3.05, 3.63) is 88.9 Å². The average Bonchev–Trinajstić information content (AvgIpc) is 3.32. The fraction of sp³-hybridized carbons (Fsp3) is 0.323. The maximum atomic E-state index is 13.8. The van der Waals surface area contributed by atoms with Crippen LogP contribution >= 0.6 is 11.6 Å². The van der Waals surface area contributed by atoms with Crippen LogP contribution in [0.4, 0.5) is 16.2 Å². The van der Waals surface area contributed by atoms with Crippen LogP contribution in [0.15, 0.2) is 72.8 Å². The molecule has 2 heterocycles. The molecule has 0 radical (unpaired) electrons. The first-order valence-corrected chi connectivity index (χ1v) is 13.8. The van der Waals surface area contributed by atoms with Gasteiger partial charge in [-0.25, -0.2) is 4.79 Å².